The zero-order valence-corrected chi connectivity index (χ0v) is 19.4. The minimum atomic E-state index is 0.0418. The van der Waals surface area contributed by atoms with Crippen LogP contribution >= 0.6 is 0 Å². The van der Waals surface area contributed by atoms with Crippen LogP contribution in [0.2, 0.25) is 0 Å². The summed E-state index contributed by atoms with van der Waals surface area (Å²) in [6, 6.07) is 10.4. The lowest BCUT2D eigenvalue weighted by Crippen LogP contribution is -2.59. The Hall–Kier alpha value is -1.63. The van der Waals surface area contributed by atoms with E-state index in [-0.39, 0.29) is 17.7 Å². The van der Waals surface area contributed by atoms with Crippen molar-refractivity contribution in [1.82, 2.24) is 15.1 Å². The van der Waals surface area contributed by atoms with Crippen LogP contribution in [0.4, 0.5) is 0 Å². The topological polar surface area (TPSA) is 49.3 Å². The average molecular weight is 417 g/mol. The van der Waals surface area contributed by atoms with Crippen LogP contribution in [0, 0.1) is 5.92 Å². The van der Waals surface area contributed by atoms with E-state index in [0.29, 0.717) is 12.5 Å². The fourth-order valence-corrected chi connectivity index (χ4v) is 4.49. The molecule has 0 bridgehead atoms. The molecule has 168 valence electrons. The number of aliphatic imine (C=N–C) groups is 1. The third-order valence-corrected chi connectivity index (χ3v) is 6.22. The van der Waals surface area contributed by atoms with Gasteiger partial charge >= 0.3 is 0 Å². The van der Waals surface area contributed by atoms with Crippen molar-refractivity contribution in [3.8, 4) is 0 Å². The Kier molecular flexibility index (Phi) is 8.14. The van der Waals surface area contributed by atoms with Crippen LogP contribution in [0.1, 0.15) is 39.7 Å². The van der Waals surface area contributed by atoms with Crippen molar-refractivity contribution < 1.29 is 9.47 Å². The Bertz CT molecular complexity index is 669. The van der Waals surface area contributed by atoms with E-state index in [1.165, 1.54) is 5.56 Å². The Morgan fingerprint density at radius 3 is 2.53 bits per heavy atom. The molecular formula is C24H40N4O2. The lowest BCUT2D eigenvalue weighted by atomic mass is 10.00. The first-order chi connectivity index (χ1) is 14.4. The van der Waals surface area contributed by atoms with Gasteiger partial charge in [0.1, 0.15) is 0 Å². The lowest BCUT2D eigenvalue weighted by Gasteiger charge is -2.45. The summed E-state index contributed by atoms with van der Waals surface area (Å²) in [6.45, 7) is 15.3. The van der Waals surface area contributed by atoms with E-state index in [0.717, 1.165) is 51.7 Å². The van der Waals surface area contributed by atoms with E-state index in [1.54, 1.807) is 0 Å². The molecule has 2 aliphatic rings. The molecule has 2 fully saturated rings. The maximum atomic E-state index is 5.97. The third-order valence-electron chi connectivity index (χ3n) is 6.22. The quantitative estimate of drug-likeness (QED) is 0.547. The number of nitrogens with zero attached hydrogens (tertiary/aromatic N) is 3. The van der Waals surface area contributed by atoms with Crippen molar-refractivity contribution in [2.45, 2.75) is 58.5 Å². The molecule has 1 aromatic rings. The molecule has 0 aliphatic carbocycles. The zero-order valence-electron chi connectivity index (χ0n) is 19.4. The Morgan fingerprint density at radius 1 is 1.17 bits per heavy atom. The van der Waals surface area contributed by atoms with Gasteiger partial charge in [0.25, 0.3) is 0 Å². The number of nitrogens with one attached hydrogen (secondary N) is 1. The molecule has 2 saturated heterocycles. The number of ether oxygens (including phenoxy) is 2. The maximum absolute atomic E-state index is 5.97. The molecule has 0 amide bonds. The van der Waals surface area contributed by atoms with Gasteiger partial charge in [-0.05, 0) is 39.7 Å². The smallest absolute Gasteiger partial charge is 0.193 e. The molecule has 1 N–H and O–H groups in total. The molecule has 0 radical (unpaired) electrons. The molecular weight excluding hydrogens is 376 g/mol. The number of benzene rings is 1. The Morgan fingerprint density at radius 2 is 1.87 bits per heavy atom. The van der Waals surface area contributed by atoms with Gasteiger partial charge in [-0.3, -0.25) is 9.89 Å². The second-order valence-electron chi connectivity index (χ2n) is 9.48. The van der Waals surface area contributed by atoms with Crippen LogP contribution in [0.15, 0.2) is 35.3 Å². The average Bonchev–Trinajstić information content (AvgIpc) is 3.17. The molecule has 6 nitrogen and oxygen atoms in total. The molecule has 2 heterocycles. The molecule has 1 aromatic carbocycles. The highest BCUT2D eigenvalue weighted by atomic mass is 16.5. The summed E-state index contributed by atoms with van der Waals surface area (Å²) in [5.41, 5.74) is 1.28. The molecule has 6 heteroatoms. The van der Waals surface area contributed by atoms with E-state index in [9.17, 15) is 0 Å². The highest BCUT2D eigenvalue weighted by Gasteiger charge is 2.34. The van der Waals surface area contributed by atoms with Crippen molar-refractivity contribution in [2.24, 2.45) is 10.9 Å². The van der Waals surface area contributed by atoms with E-state index in [1.807, 2.05) is 13.1 Å². The van der Waals surface area contributed by atoms with Crippen LogP contribution in [0.3, 0.4) is 0 Å². The van der Waals surface area contributed by atoms with Crippen LogP contribution in [-0.4, -0.2) is 79.9 Å². The third kappa shape index (κ3) is 6.43. The maximum Gasteiger partial charge on any atom is 0.193 e. The fourth-order valence-electron chi connectivity index (χ4n) is 4.49. The summed E-state index contributed by atoms with van der Waals surface area (Å²) in [4.78, 5) is 9.47. The number of hydrogen-bond donors (Lipinski definition) is 1. The Labute approximate surface area is 182 Å². The standard InChI is InChI=1S/C24H40N4O2/c1-19-13-28(14-20(2)30-19)24(3,4)18-26-23(25-5)27-12-11-22(15-27)17-29-16-21-9-7-6-8-10-21/h6-10,19-20,22H,11-18H2,1-5H3,(H,25,26). The summed E-state index contributed by atoms with van der Waals surface area (Å²) in [5.74, 6) is 1.56. The first kappa shape index (κ1) is 23.0. The van der Waals surface area contributed by atoms with Crippen molar-refractivity contribution in [1.29, 1.82) is 0 Å². The van der Waals surface area contributed by atoms with Crippen molar-refractivity contribution in [3.05, 3.63) is 35.9 Å². The SMILES string of the molecule is CN=C(NCC(C)(C)N1CC(C)OC(C)C1)N1CCC(COCc2ccccc2)C1. The second kappa shape index (κ2) is 10.6. The summed E-state index contributed by atoms with van der Waals surface area (Å²) < 4.78 is 11.9. The second-order valence-corrected chi connectivity index (χ2v) is 9.48. The van der Waals surface area contributed by atoms with E-state index in [4.69, 9.17) is 9.47 Å². The van der Waals surface area contributed by atoms with E-state index < -0.39 is 0 Å². The van der Waals surface area contributed by atoms with Crippen LogP contribution in [0.25, 0.3) is 0 Å². The molecule has 0 saturated carbocycles. The van der Waals surface area contributed by atoms with Gasteiger partial charge in [0.05, 0.1) is 25.4 Å². The highest BCUT2D eigenvalue weighted by Crippen LogP contribution is 2.21. The number of rotatable bonds is 7. The summed E-state index contributed by atoms with van der Waals surface area (Å²) in [6.07, 6.45) is 1.71. The monoisotopic (exact) mass is 416 g/mol. The van der Waals surface area contributed by atoms with Gasteiger partial charge in [-0.15, -0.1) is 0 Å². The largest absolute Gasteiger partial charge is 0.376 e. The predicted octanol–water partition coefficient (Wildman–Crippen LogP) is 2.99. The molecule has 2 aliphatic heterocycles. The molecule has 30 heavy (non-hydrogen) atoms. The highest BCUT2D eigenvalue weighted by molar-refractivity contribution is 5.80. The number of likely N-dealkylation sites (tertiary alicyclic amines) is 1. The fraction of sp³-hybridized carbons (Fsp3) is 0.708. The van der Waals surface area contributed by atoms with E-state index >= 15 is 0 Å². The van der Waals surface area contributed by atoms with Crippen molar-refractivity contribution in [3.63, 3.8) is 0 Å². The van der Waals surface area contributed by atoms with Gasteiger partial charge in [0.15, 0.2) is 5.96 Å². The first-order valence-corrected chi connectivity index (χ1v) is 11.3. The van der Waals surface area contributed by atoms with Gasteiger partial charge in [0, 0.05) is 51.2 Å². The summed E-state index contributed by atoms with van der Waals surface area (Å²) >= 11 is 0. The molecule has 3 unspecified atom stereocenters. The normalized spacial score (nSPS) is 26.2. The first-order valence-electron chi connectivity index (χ1n) is 11.3. The van der Waals surface area contributed by atoms with Crippen molar-refractivity contribution in [2.75, 3.05) is 46.4 Å². The zero-order chi connectivity index (χ0) is 21.6. The van der Waals surface area contributed by atoms with Gasteiger partial charge in [-0.1, -0.05) is 30.3 Å². The van der Waals surface area contributed by atoms with E-state index in [2.05, 4.69) is 72.1 Å². The molecule has 3 atom stereocenters. The molecule has 3 rings (SSSR count). The summed E-state index contributed by atoms with van der Waals surface area (Å²) in [5, 5.41) is 3.63. The van der Waals surface area contributed by atoms with Crippen LogP contribution in [0.5, 0.6) is 0 Å². The molecule has 0 spiro atoms. The molecule has 0 aromatic heterocycles. The number of morpholine rings is 1. The van der Waals surface area contributed by atoms with Gasteiger partial charge in [0.2, 0.25) is 0 Å². The summed E-state index contributed by atoms with van der Waals surface area (Å²) in [7, 11) is 1.88. The van der Waals surface area contributed by atoms with Gasteiger partial charge in [-0.25, -0.2) is 0 Å². The van der Waals surface area contributed by atoms with Crippen LogP contribution in [-0.2, 0) is 16.1 Å². The van der Waals surface area contributed by atoms with Gasteiger partial charge in [-0.2, -0.15) is 0 Å². The lowest BCUT2D eigenvalue weighted by molar-refractivity contribution is -0.0947. The van der Waals surface area contributed by atoms with Gasteiger partial charge < -0.3 is 19.7 Å². The minimum absolute atomic E-state index is 0.0418. The number of hydrogen-bond acceptors (Lipinski definition) is 4. The minimum Gasteiger partial charge on any atom is -0.376 e. The predicted molar refractivity (Wildman–Crippen MR) is 123 cm³/mol. The number of guanidine groups is 1. The van der Waals surface area contributed by atoms with Crippen molar-refractivity contribution >= 4 is 5.96 Å². The van der Waals surface area contributed by atoms with Crippen LogP contribution < -0.4 is 5.32 Å². The Balaban J connectivity index is 1.43.